The first-order chi connectivity index (χ1) is 27.3. The zero-order valence-electron chi connectivity index (χ0n) is 29.8. The van der Waals surface area contributed by atoms with Crippen molar-refractivity contribution in [2.45, 2.75) is 0 Å². The van der Waals surface area contributed by atoms with E-state index in [1.165, 1.54) is 82.3 Å². The summed E-state index contributed by atoms with van der Waals surface area (Å²) in [6.07, 6.45) is 0. The van der Waals surface area contributed by atoms with Crippen LogP contribution in [0.5, 0.6) is 0 Å². The third-order valence-corrected chi connectivity index (χ3v) is 11.5. The highest BCUT2D eigenvalue weighted by Crippen LogP contribution is 2.43. The van der Waals surface area contributed by atoms with Crippen LogP contribution in [0.1, 0.15) is 0 Å². The maximum absolute atomic E-state index is 6.11. The molecule has 3 nitrogen and oxygen atoms in total. The minimum Gasteiger partial charge on any atom is -0.456 e. The van der Waals surface area contributed by atoms with E-state index in [-0.39, 0.29) is 0 Å². The van der Waals surface area contributed by atoms with Gasteiger partial charge < -0.3 is 13.6 Å². The van der Waals surface area contributed by atoms with Gasteiger partial charge in [-0.3, -0.25) is 0 Å². The van der Waals surface area contributed by atoms with Crippen molar-refractivity contribution in [1.29, 1.82) is 0 Å². The highest BCUT2D eigenvalue weighted by molar-refractivity contribution is 6.22. The Kier molecular flexibility index (Phi) is 6.34. The van der Waals surface area contributed by atoms with E-state index in [0.29, 0.717) is 0 Å². The molecule has 0 amide bonds. The summed E-state index contributed by atoms with van der Waals surface area (Å²) < 4.78 is 10.9. The summed E-state index contributed by atoms with van der Waals surface area (Å²) in [6.45, 7) is 0. The van der Waals surface area contributed by atoms with Crippen LogP contribution in [0, 0.1) is 0 Å². The first-order valence-electron chi connectivity index (χ1n) is 18.8. The van der Waals surface area contributed by atoms with Crippen LogP contribution < -0.4 is 0 Å². The summed E-state index contributed by atoms with van der Waals surface area (Å²) in [7, 11) is 0. The lowest BCUT2D eigenvalue weighted by Gasteiger charge is -2.14. The number of rotatable bonds is 4. The molecule has 0 saturated carbocycles. The molecule has 0 atom stereocenters. The van der Waals surface area contributed by atoms with Crippen LogP contribution in [0.4, 0.5) is 0 Å². The third-order valence-electron chi connectivity index (χ3n) is 11.5. The Balaban J connectivity index is 1.05. The van der Waals surface area contributed by atoms with Gasteiger partial charge in [0.1, 0.15) is 11.2 Å². The quantitative estimate of drug-likeness (QED) is 0.179. The molecule has 0 radical (unpaired) electrons. The molecule has 0 aliphatic heterocycles. The molecule has 256 valence electrons. The summed E-state index contributed by atoms with van der Waals surface area (Å²) in [4.78, 5) is 0. The Bertz CT molecular complexity index is 3470. The van der Waals surface area contributed by atoms with E-state index >= 15 is 0 Å². The Morgan fingerprint density at radius 2 is 0.836 bits per heavy atom. The van der Waals surface area contributed by atoms with E-state index in [4.69, 9.17) is 4.42 Å². The highest BCUT2D eigenvalue weighted by atomic mass is 16.3. The highest BCUT2D eigenvalue weighted by Gasteiger charge is 2.20. The summed E-state index contributed by atoms with van der Waals surface area (Å²) in [5.41, 5.74) is 13.8. The molecule has 12 aromatic rings. The minimum absolute atomic E-state index is 0.914. The smallest absolute Gasteiger partial charge is 0.135 e. The van der Waals surface area contributed by atoms with Crippen molar-refractivity contribution in [2.24, 2.45) is 0 Å². The molecule has 9 aromatic carbocycles. The molecule has 0 N–H and O–H groups in total. The van der Waals surface area contributed by atoms with Crippen LogP contribution in [-0.2, 0) is 0 Å². The van der Waals surface area contributed by atoms with Gasteiger partial charge >= 0.3 is 0 Å². The lowest BCUT2D eigenvalue weighted by Crippen LogP contribution is -1.95. The molecule has 0 aliphatic rings. The molecule has 12 rings (SSSR count). The van der Waals surface area contributed by atoms with E-state index in [1.807, 2.05) is 12.1 Å². The van der Waals surface area contributed by atoms with Gasteiger partial charge in [0.2, 0.25) is 0 Å². The van der Waals surface area contributed by atoms with Gasteiger partial charge in [-0.2, -0.15) is 0 Å². The van der Waals surface area contributed by atoms with E-state index in [1.54, 1.807) is 0 Å². The lowest BCUT2D eigenvalue weighted by atomic mass is 9.94. The van der Waals surface area contributed by atoms with Crippen molar-refractivity contribution in [2.75, 3.05) is 0 Å². The van der Waals surface area contributed by atoms with Gasteiger partial charge in [0.05, 0.1) is 22.1 Å². The van der Waals surface area contributed by atoms with E-state index in [9.17, 15) is 0 Å². The molecule has 0 bridgehead atoms. The van der Waals surface area contributed by atoms with Crippen molar-refractivity contribution in [1.82, 2.24) is 9.13 Å². The van der Waals surface area contributed by atoms with Gasteiger partial charge in [0, 0.05) is 49.1 Å². The Morgan fingerprint density at radius 1 is 0.291 bits per heavy atom. The average molecular weight is 701 g/mol. The number of hydrogen-bond donors (Lipinski definition) is 0. The molecule has 0 unspecified atom stereocenters. The number of para-hydroxylation sites is 4. The maximum atomic E-state index is 6.11. The molecule has 0 saturated heterocycles. The largest absolute Gasteiger partial charge is 0.456 e. The molecule has 0 aliphatic carbocycles. The van der Waals surface area contributed by atoms with Crippen molar-refractivity contribution in [3.63, 3.8) is 0 Å². The summed E-state index contributed by atoms with van der Waals surface area (Å²) in [5, 5.41) is 9.76. The fraction of sp³-hybridized carbons (Fsp3) is 0. The minimum atomic E-state index is 0.914. The molecule has 3 heteroatoms. The molecule has 55 heavy (non-hydrogen) atoms. The van der Waals surface area contributed by atoms with Crippen LogP contribution in [0.3, 0.4) is 0 Å². The lowest BCUT2D eigenvalue weighted by molar-refractivity contribution is 0.669. The summed E-state index contributed by atoms with van der Waals surface area (Å²) >= 11 is 0. The van der Waals surface area contributed by atoms with Gasteiger partial charge in [-0.05, 0) is 100 Å². The molecular weight excluding hydrogens is 669 g/mol. The average Bonchev–Trinajstić information content (AvgIpc) is 3.91. The first-order valence-corrected chi connectivity index (χ1v) is 18.8. The fourth-order valence-electron chi connectivity index (χ4n) is 9.03. The number of nitrogens with zero attached hydrogens (tertiary/aromatic N) is 2. The number of fused-ring (bicyclic) bond motifs is 11. The summed E-state index contributed by atoms with van der Waals surface area (Å²) in [6, 6.07) is 70.4. The SMILES string of the molecule is c1ccc(-n2c3ccccc3c3cc(-c4cc5c6ccccc6n(-c6ccc(-c7ccc8oc9ccccc9c8c7)cc6)c5c5ccccc45)ccc32)cc1. The van der Waals surface area contributed by atoms with Crippen LogP contribution in [0.15, 0.2) is 199 Å². The molecule has 3 heterocycles. The van der Waals surface area contributed by atoms with Crippen LogP contribution in [-0.4, -0.2) is 9.13 Å². The topological polar surface area (TPSA) is 23.0 Å². The normalized spacial score (nSPS) is 12.0. The van der Waals surface area contributed by atoms with Crippen LogP contribution in [0.2, 0.25) is 0 Å². The van der Waals surface area contributed by atoms with Crippen LogP contribution in [0.25, 0.3) is 110 Å². The summed E-state index contributed by atoms with van der Waals surface area (Å²) in [5.74, 6) is 0. The second-order valence-electron chi connectivity index (χ2n) is 14.5. The van der Waals surface area contributed by atoms with Crippen molar-refractivity contribution < 1.29 is 4.42 Å². The molecule has 3 aromatic heterocycles. The Labute approximate surface area is 316 Å². The second kappa shape index (κ2) is 11.6. The van der Waals surface area contributed by atoms with E-state index in [0.717, 1.165) is 27.6 Å². The standard InChI is InChI=1S/C52H32N2O/c1-2-12-36(13-3-1)53-47-19-9-6-15-39(47)44-31-35(24-28-49(44)53)43-32-46-40-16-7-10-20-48(40)54(52(46)42-18-5-4-14-38(42)43)37-26-22-33(23-27-37)34-25-29-51-45(30-34)41-17-8-11-21-50(41)55-51/h1-32H. The predicted octanol–water partition coefficient (Wildman–Crippen LogP) is 14.3. The third kappa shape index (κ3) is 4.44. The van der Waals surface area contributed by atoms with Crippen molar-refractivity contribution >= 4 is 76.3 Å². The second-order valence-corrected chi connectivity index (χ2v) is 14.5. The zero-order valence-corrected chi connectivity index (χ0v) is 29.8. The van der Waals surface area contributed by atoms with Crippen molar-refractivity contribution in [3.05, 3.63) is 194 Å². The van der Waals surface area contributed by atoms with Gasteiger partial charge in [0.25, 0.3) is 0 Å². The van der Waals surface area contributed by atoms with Crippen LogP contribution >= 0.6 is 0 Å². The fourth-order valence-corrected chi connectivity index (χ4v) is 9.03. The van der Waals surface area contributed by atoms with Gasteiger partial charge in [-0.25, -0.2) is 0 Å². The monoisotopic (exact) mass is 700 g/mol. The predicted molar refractivity (Wildman–Crippen MR) is 231 cm³/mol. The number of furan rings is 1. The van der Waals surface area contributed by atoms with E-state index < -0.39 is 0 Å². The molecule has 0 spiro atoms. The van der Waals surface area contributed by atoms with Crippen molar-refractivity contribution in [3.8, 4) is 33.6 Å². The Hall–Kier alpha value is -7.36. The zero-order chi connectivity index (χ0) is 36.0. The van der Waals surface area contributed by atoms with Gasteiger partial charge in [0.15, 0.2) is 0 Å². The van der Waals surface area contributed by atoms with Gasteiger partial charge in [-0.15, -0.1) is 0 Å². The van der Waals surface area contributed by atoms with E-state index in [2.05, 4.69) is 191 Å². The maximum Gasteiger partial charge on any atom is 0.135 e. The number of benzene rings is 9. The van der Waals surface area contributed by atoms with Gasteiger partial charge in [-0.1, -0.05) is 121 Å². The Morgan fingerprint density at radius 3 is 1.64 bits per heavy atom. The first kappa shape index (κ1) is 30.1. The number of aromatic nitrogens is 2. The molecule has 0 fully saturated rings. The number of hydrogen-bond acceptors (Lipinski definition) is 1. The molecular formula is C52H32N2O.